The molecule has 0 saturated carbocycles. The number of halogens is 1. The molecule has 3 rings (SSSR count). The number of hydrogen-bond donors (Lipinski definition) is 2. The highest BCUT2D eigenvalue weighted by Crippen LogP contribution is 2.25. The number of aryl methyl sites for hydroxylation is 2. The van der Waals surface area contributed by atoms with Gasteiger partial charge in [-0.1, -0.05) is 36.7 Å². The molecule has 5 nitrogen and oxygen atoms in total. The lowest BCUT2D eigenvalue weighted by Gasteiger charge is -2.14. The third-order valence-electron chi connectivity index (χ3n) is 4.22. The van der Waals surface area contributed by atoms with Gasteiger partial charge >= 0.3 is 0 Å². The van der Waals surface area contributed by atoms with Gasteiger partial charge in [0.1, 0.15) is 11.6 Å². The fourth-order valence-corrected chi connectivity index (χ4v) is 2.87. The number of nitrogens with one attached hydrogen (secondary N) is 2. The molecule has 3 aromatic rings. The lowest BCUT2D eigenvalue weighted by atomic mass is 10.1. The molecule has 1 amide bonds. The molecule has 0 radical (unpaired) electrons. The largest absolute Gasteiger partial charge is 0.484 e. The van der Waals surface area contributed by atoms with Crippen molar-refractivity contribution < 1.29 is 9.53 Å². The Morgan fingerprint density at radius 3 is 2.57 bits per heavy atom. The second kappa shape index (κ2) is 9.24. The SMILES string of the molecule is CCc1cccc(C)c1Nc1ccc(NC(=O)COc2ccc(Cl)cc2)cn1. The zero-order valence-corrected chi connectivity index (χ0v) is 16.6. The monoisotopic (exact) mass is 395 g/mol. The van der Waals surface area contributed by atoms with Gasteiger partial charge < -0.3 is 15.4 Å². The standard InChI is InChI=1S/C22H22ClN3O2/c1-3-16-6-4-5-15(2)22(16)26-20-12-9-18(13-24-20)25-21(27)14-28-19-10-7-17(23)8-11-19/h4-13H,3,14H2,1-2H3,(H,24,26)(H,25,27). The molecule has 0 aliphatic carbocycles. The molecule has 0 spiro atoms. The van der Waals surface area contributed by atoms with Gasteiger partial charge in [0, 0.05) is 10.7 Å². The maximum atomic E-state index is 12.1. The number of amides is 1. The summed E-state index contributed by atoms with van der Waals surface area (Å²) >= 11 is 5.82. The maximum absolute atomic E-state index is 12.1. The van der Waals surface area contributed by atoms with E-state index in [-0.39, 0.29) is 12.5 Å². The van der Waals surface area contributed by atoms with Crippen molar-refractivity contribution in [1.82, 2.24) is 4.98 Å². The number of hydrogen-bond acceptors (Lipinski definition) is 4. The first-order valence-electron chi connectivity index (χ1n) is 9.05. The Hall–Kier alpha value is -3.05. The summed E-state index contributed by atoms with van der Waals surface area (Å²) in [6.45, 7) is 4.10. The van der Waals surface area contributed by atoms with Gasteiger partial charge in [-0.15, -0.1) is 0 Å². The summed E-state index contributed by atoms with van der Waals surface area (Å²) in [4.78, 5) is 16.4. The maximum Gasteiger partial charge on any atom is 0.262 e. The Labute approximate surface area is 169 Å². The fourth-order valence-electron chi connectivity index (χ4n) is 2.75. The Morgan fingerprint density at radius 1 is 1.11 bits per heavy atom. The van der Waals surface area contributed by atoms with Crippen LogP contribution < -0.4 is 15.4 Å². The van der Waals surface area contributed by atoms with Crippen molar-refractivity contribution in [3.63, 3.8) is 0 Å². The second-order valence-electron chi connectivity index (χ2n) is 6.31. The van der Waals surface area contributed by atoms with Gasteiger partial charge in [-0.05, 0) is 60.9 Å². The van der Waals surface area contributed by atoms with Gasteiger partial charge in [-0.2, -0.15) is 0 Å². The minimum Gasteiger partial charge on any atom is -0.484 e. The summed E-state index contributed by atoms with van der Waals surface area (Å²) in [6.07, 6.45) is 2.55. The van der Waals surface area contributed by atoms with Gasteiger partial charge in [0.15, 0.2) is 6.61 Å². The van der Waals surface area contributed by atoms with Gasteiger partial charge in [-0.25, -0.2) is 4.98 Å². The van der Waals surface area contributed by atoms with E-state index in [1.165, 1.54) is 5.56 Å². The number of para-hydroxylation sites is 1. The molecular formula is C22H22ClN3O2. The van der Waals surface area contributed by atoms with Crippen LogP contribution in [0.5, 0.6) is 5.75 Å². The first-order chi connectivity index (χ1) is 13.5. The molecule has 0 atom stereocenters. The van der Waals surface area contributed by atoms with Crippen LogP contribution in [-0.4, -0.2) is 17.5 Å². The van der Waals surface area contributed by atoms with E-state index in [9.17, 15) is 4.79 Å². The number of aromatic nitrogens is 1. The lowest BCUT2D eigenvalue weighted by Crippen LogP contribution is -2.20. The molecule has 2 aromatic carbocycles. The molecule has 2 N–H and O–H groups in total. The number of carbonyl (C=O) groups excluding carboxylic acids is 1. The second-order valence-corrected chi connectivity index (χ2v) is 6.75. The Bertz CT molecular complexity index is 941. The van der Waals surface area contributed by atoms with Crippen molar-refractivity contribution in [1.29, 1.82) is 0 Å². The number of pyridine rings is 1. The van der Waals surface area contributed by atoms with Crippen LogP contribution >= 0.6 is 11.6 Å². The van der Waals surface area contributed by atoms with Crippen molar-refractivity contribution >= 4 is 34.7 Å². The van der Waals surface area contributed by atoms with Crippen LogP contribution in [-0.2, 0) is 11.2 Å². The third kappa shape index (κ3) is 5.24. The Morgan fingerprint density at radius 2 is 1.89 bits per heavy atom. The predicted octanol–water partition coefficient (Wildman–Crippen LogP) is 5.37. The molecule has 0 aliphatic heterocycles. The van der Waals surface area contributed by atoms with Crippen LogP contribution in [0.3, 0.4) is 0 Å². The van der Waals surface area contributed by atoms with Crippen LogP contribution in [0.4, 0.5) is 17.2 Å². The van der Waals surface area contributed by atoms with Crippen LogP contribution in [0.15, 0.2) is 60.8 Å². The number of carbonyl (C=O) groups is 1. The number of rotatable bonds is 7. The summed E-state index contributed by atoms with van der Waals surface area (Å²) < 4.78 is 5.43. The summed E-state index contributed by atoms with van der Waals surface area (Å²) in [5.74, 6) is 1.05. The van der Waals surface area contributed by atoms with E-state index in [0.29, 0.717) is 16.5 Å². The summed E-state index contributed by atoms with van der Waals surface area (Å²) in [5.41, 5.74) is 4.08. The first kappa shape index (κ1) is 19.7. The average molecular weight is 396 g/mol. The number of ether oxygens (including phenoxy) is 1. The first-order valence-corrected chi connectivity index (χ1v) is 9.42. The van der Waals surface area contributed by atoms with Gasteiger partial charge in [0.2, 0.25) is 0 Å². The van der Waals surface area contributed by atoms with Crippen LogP contribution in [0.25, 0.3) is 0 Å². The molecule has 144 valence electrons. The van der Waals surface area contributed by atoms with E-state index in [4.69, 9.17) is 16.3 Å². The number of benzene rings is 2. The minimum absolute atomic E-state index is 0.0926. The quantitative estimate of drug-likeness (QED) is 0.564. The molecule has 0 saturated heterocycles. The summed E-state index contributed by atoms with van der Waals surface area (Å²) in [7, 11) is 0. The van der Waals surface area contributed by atoms with Crippen molar-refractivity contribution in [2.45, 2.75) is 20.3 Å². The average Bonchev–Trinajstić information content (AvgIpc) is 2.70. The predicted molar refractivity (Wildman–Crippen MR) is 114 cm³/mol. The highest BCUT2D eigenvalue weighted by Gasteiger charge is 2.07. The molecule has 28 heavy (non-hydrogen) atoms. The van der Waals surface area contributed by atoms with Crippen molar-refractivity contribution in [2.75, 3.05) is 17.2 Å². The van der Waals surface area contributed by atoms with Crippen LogP contribution in [0, 0.1) is 6.92 Å². The number of nitrogens with zero attached hydrogens (tertiary/aromatic N) is 1. The summed E-state index contributed by atoms with van der Waals surface area (Å²) in [6, 6.07) is 16.7. The smallest absolute Gasteiger partial charge is 0.262 e. The molecule has 0 fully saturated rings. The van der Waals surface area contributed by atoms with Crippen LogP contribution in [0.2, 0.25) is 5.02 Å². The zero-order valence-electron chi connectivity index (χ0n) is 15.8. The van der Waals surface area contributed by atoms with E-state index in [0.717, 1.165) is 23.5 Å². The Balaban J connectivity index is 1.57. The molecule has 1 heterocycles. The molecule has 0 unspecified atom stereocenters. The zero-order chi connectivity index (χ0) is 19.9. The molecule has 0 bridgehead atoms. The topological polar surface area (TPSA) is 63.2 Å². The molecule has 1 aromatic heterocycles. The van der Waals surface area contributed by atoms with E-state index in [1.807, 2.05) is 6.07 Å². The minimum atomic E-state index is -0.260. The van der Waals surface area contributed by atoms with E-state index < -0.39 is 0 Å². The van der Waals surface area contributed by atoms with Gasteiger partial charge in [0.05, 0.1) is 11.9 Å². The highest BCUT2D eigenvalue weighted by molar-refractivity contribution is 6.30. The van der Waals surface area contributed by atoms with E-state index in [2.05, 4.69) is 47.7 Å². The van der Waals surface area contributed by atoms with Crippen molar-refractivity contribution in [3.05, 3.63) is 76.9 Å². The van der Waals surface area contributed by atoms with Crippen molar-refractivity contribution in [3.8, 4) is 5.75 Å². The molecule has 6 heteroatoms. The number of anilines is 3. The van der Waals surface area contributed by atoms with Crippen LogP contribution in [0.1, 0.15) is 18.1 Å². The van der Waals surface area contributed by atoms with E-state index >= 15 is 0 Å². The lowest BCUT2D eigenvalue weighted by molar-refractivity contribution is -0.118. The van der Waals surface area contributed by atoms with Crippen molar-refractivity contribution in [2.24, 2.45) is 0 Å². The van der Waals surface area contributed by atoms with Gasteiger partial charge in [-0.3, -0.25) is 4.79 Å². The molecular weight excluding hydrogens is 374 g/mol. The fraction of sp³-hybridized carbons (Fsp3) is 0.182. The molecule has 0 aliphatic rings. The Kier molecular flexibility index (Phi) is 6.50. The summed E-state index contributed by atoms with van der Waals surface area (Å²) in [5, 5.41) is 6.75. The third-order valence-corrected chi connectivity index (χ3v) is 4.48. The van der Waals surface area contributed by atoms with E-state index in [1.54, 1.807) is 36.5 Å². The highest BCUT2D eigenvalue weighted by atomic mass is 35.5. The van der Waals surface area contributed by atoms with Gasteiger partial charge in [0.25, 0.3) is 5.91 Å². The normalized spacial score (nSPS) is 10.4.